The van der Waals surface area contributed by atoms with Crippen molar-refractivity contribution in [3.8, 4) is 0 Å². The molecule has 0 heterocycles. The van der Waals surface area contributed by atoms with Crippen LogP contribution in [0.25, 0.3) is 0 Å². The lowest BCUT2D eigenvalue weighted by Gasteiger charge is -2.15. The lowest BCUT2D eigenvalue weighted by Crippen LogP contribution is -2.01. The molecule has 1 rings (SSSR count). The van der Waals surface area contributed by atoms with E-state index in [1.807, 2.05) is 11.8 Å². The lowest BCUT2D eigenvalue weighted by molar-refractivity contribution is 0.853. The average molecular weight is 139 g/mol. The highest BCUT2D eigenvalue weighted by Crippen LogP contribution is 2.29. The van der Waals surface area contributed by atoms with Gasteiger partial charge in [0, 0.05) is 0 Å². The van der Waals surface area contributed by atoms with Gasteiger partial charge in [-0.2, -0.15) is 11.8 Å². The van der Waals surface area contributed by atoms with Crippen LogP contribution >= 0.6 is 11.8 Å². The van der Waals surface area contributed by atoms with Crippen LogP contribution in [0.5, 0.6) is 0 Å². The molecule has 0 nitrogen and oxygen atoms in total. The Kier molecular flexibility index (Phi) is 2.40. The van der Waals surface area contributed by atoms with Crippen LogP contribution in [0.4, 0.5) is 0 Å². The van der Waals surface area contributed by atoms with Crippen molar-refractivity contribution < 1.29 is 0 Å². The van der Waals surface area contributed by atoms with Crippen LogP contribution in [0.3, 0.4) is 0 Å². The highest BCUT2D eigenvalue weighted by Gasteiger charge is 2.11. The van der Waals surface area contributed by atoms with Gasteiger partial charge in [-0.15, -0.1) is 0 Å². The molecule has 0 aliphatic heterocycles. The summed E-state index contributed by atoms with van der Waals surface area (Å²) in [4.78, 5) is 0. The molecule has 0 saturated heterocycles. The zero-order valence-electron chi connectivity index (χ0n) is 5.79. The van der Waals surface area contributed by atoms with E-state index in [2.05, 4.69) is 37.5 Å². The van der Waals surface area contributed by atoms with E-state index in [-0.39, 0.29) is 0 Å². The van der Waals surface area contributed by atoms with Crippen LogP contribution in [-0.2, 0) is 0 Å². The summed E-state index contributed by atoms with van der Waals surface area (Å²) in [5, 5.41) is 1.46. The van der Waals surface area contributed by atoms with Gasteiger partial charge in [-0.3, -0.25) is 0 Å². The van der Waals surface area contributed by atoms with Gasteiger partial charge >= 0.3 is 0 Å². The Balaban J connectivity index is 2.55. The van der Waals surface area contributed by atoms with Crippen molar-refractivity contribution in [1.29, 1.82) is 0 Å². The van der Waals surface area contributed by atoms with Gasteiger partial charge in [-0.25, -0.2) is 0 Å². The van der Waals surface area contributed by atoms with E-state index in [0.717, 1.165) is 0 Å². The van der Waals surface area contributed by atoms with Crippen LogP contribution in [-0.4, -0.2) is 6.26 Å². The zero-order valence-corrected chi connectivity index (χ0v) is 6.61. The fourth-order valence-electron chi connectivity index (χ4n) is 0.882. The minimum atomic E-state index is 0.630. The second kappa shape index (κ2) is 3.11. The van der Waals surface area contributed by atoms with Crippen molar-refractivity contribution in [3.63, 3.8) is 0 Å². The summed E-state index contributed by atoms with van der Waals surface area (Å²) in [5.41, 5.74) is 0. The van der Waals surface area contributed by atoms with Crippen molar-refractivity contribution in [1.82, 2.24) is 0 Å². The molecule has 49 valence electrons. The van der Waals surface area contributed by atoms with Crippen molar-refractivity contribution in [2.45, 2.75) is 6.92 Å². The second-order valence-corrected chi connectivity index (χ2v) is 3.02. The van der Waals surface area contributed by atoms with Crippen LogP contribution in [0.15, 0.2) is 24.3 Å². The molecule has 0 fully saturated rings. The standard InChI is InChI=1S/C8H11S/c1-7-5-3-4-6-8(7)9-2/h3-7H,1-2H3. The molecule has 9 heavy (non-hydrogen) atoms. The topological polar surface area (TPSA) is 0 Å². The summed E-state index contributed by atoms with van der Waals surface area (Å²) in [6, 6.07) is 0. The molecule has 0 aromatic rings. The normalized spacial score (nSPS) is 27.1. The van der Waals surface area contributed by atoms with E-state index in [9.17, 15) is 0 Å². The molecule has 1 heteroatoms. The third kappa shape index (κ3) is 1.62. The molecule has 0 saturated carbocycles. The molecule has 1 aliphatic carbocycles. The Bertz CT molecular complexity index is 136. The highest BCUT2D eigenvalue weighted by molar-refractivity contribution is 8.01. The lowest BCUT2D eigenvalue weighted by atomic mass is 10.0. The first kappa shape index (κ1) is 6.94. The Morgan fingerprint density at radius 1 is 1.44 bits per heavy atom. The summed E-state index contributed by atoms with van der Waals surface area (Å²) in [7, 11) is 0. The average Bonchev–Trinajstić information content (AvgIpc) is 1.89. The first-order valence-electron chi connectivity index (χ1n) is 3.10. The monoisotopic (exact) mass is 139 g/mol. The largest absolute Gasteiger partial charge is 0.152 e. The van der Waals surface area contributed by atoms with Gasteiger partial charge in [0.05, 0.1) is 5.25 Å². The zero-order chi connectivity index (χ0) is 6.69. The van der Waals surface area contributed by atoms with Gasteiger partial charge in [-0.05, 0) is 12.2 Å². The summed E-state index contributed by atoms with van der Waals surface area (Å²) in [5.74, 6) is 0.630. The van der Waals surface area contributed by atoms with E-state index < -0.39 is 0 Å². The van der Waals surface area contributed by atoms with Gasteiger partial charge in [-0.1, -0.05) is 31.2 Å². The maximum absolute atomic E-state index is 2.21. The predicted octanol–water partition coefficient (Wildman–Crippen LogP) is 2.64. The van der Waals surface area contributed by atoms with Crippen LogP contribution in [0.1, 0.15) is 6.92 Å². The number of thioether (sulfide) groups is 1. The van der Waals surface area contributed by atoms with Crippen molar-refractivity contribution in [2.75, 3.05) is 6.26 Å². The van der Waals surface area contributed by atoms with Crippen LogP contribution in [0.2, 0.25) is 0 Å². The van der Waals surface area contributed by atoms with Gasteiger partial charge in [0.2, 0.25) is 0 Å². The molecule has 0 amide bonds. The SMILES string of the molecule is CS[C]1C=CC=CC1C. The Labute approximate surface area is 61.0 Å². The third-order valence-corrected chi connectivity index (χ3v) is 2.44. The van der Waals surface area contributed by atoms with Crippen molar-refractivity contribution in [3.05, 3.63) is 29.6 Å². The molecule has 0 spiro atoms. The van der Waals surface area contributed by atoms with Gasteiger partial charge in [0.1, 0.15) is 0 Å². The van der Waals surface area contributed by atoms with E-state index in [1.54, 1.807) is 0 Å². The Morgan fingerprint density at radius 2 is 2.22 bits per heavy atom. The van der Waals surface area contributed by atoms with E-state index >= 15 is 0 Å². The fraction of sp³-hybridized carbons (Fsp3) is 0.375. The molecule has 0 N–H and O–H groups in total. The first-order valence-corrected chi connectivity index (χ1v) is 4.33. The van der Waals surface area contributed by atoms with Crippen LogP contribution < -0.4 is 0 Å². The molecule has 1 unspecified atom stereocenters. The number of rotatable bonds is 1. The first-order chi connectivity index (χ1) is 4.34. The molecule has 0 bridgehead atoms. The quantitative estimate of drug-likeness (QED) is 0.538. The third-order valence-electron chi connectivity index (χ3n) is 1.46. The van der Waals surface area contributed by atoms with Crippen molar-refractivity contribution >= 4 is 11.8 Å². The van der Waals surface area contributed by atoms with Gasteiger partial charge < -0.3 is 0 Å². The molecular formula is C8H11S. The van der Waals surface area contributed by atoms with Crippen molar-refractivity contribution in [2.24, 2.45) is 5.92 Å². The maximum Gasteiger partial charge on any atom is 0.0586 e. The van der Waals surface area contributed by atoms with E-state index in [0.29, 0.717) is 5.92 Å². The van der Waals surface area contributed by atoms with E-state index in [4.69, 9.17) is 0 Å². The highest BCUT2D eigenvalue weighted by atomic mass is 32.2. The molecule has 0 aromatic heterocycles. The van der Waals surface area contributed by atoms with Crippen LogP contribution in [0, 0.1) is 11.2 Å². The molecule has 0 aromatic carbocycles. The van der Waals surface area contributed by atoms with E-state index in [1.165, 1.54) is 5.25 Å². The number of hydrogen-bond donors (Lipinski definition) is 0. The molecule has 1 radical (unpaired) electrons. The molecular weight excluding hydrogens is 128 g/mol. The number of hydrogen-bond acceptors (Lipinski definition) is 1. The summed E-state index contributed by atoms with van der Waals surface area (Å²) in [6.07, 6.45) is 10.7. The summed E-state index contributed by atoms with van der Waals surface area (Å²) < 4.78 is 0. The molecule has 1 aliphatic rings. The fourth-order valence-corrected chi connectivity index (χ4v) is 1.55. The second-order valence-electron chi connectivity index (χ2n) is 2.14. The predicted molar refractivity (Wildman–Crippen MR) is 44.2 cm³/mol. The minimum absolute atomic E-state index is 0.630. The molecule has 1 atom stereocenters. The van der Waals surface area contributed by atoms with Gasteiger partial charge in [0.15, 0.2) is 0 Å². The smallest absolute Gasteiger partial charge is 0.0586 e. The minimum Gasteiger partial charge on any atom is -0.152 e. The Morgan fingerprint density at radius 3 is 2.67 bits per heavy atom. The maximum atomic E-state index is 2.21. The Hall–Kier alpha value is -0.170. The van der Waals surface area contributed by atoms with Gasteiger partial charge in [0.25, 0.3) is 0 Å². The number of allylic oxidation sites excluding steroid dienone is 3. The summed E-state index contributed by atoms with van der Waals surface area (Å²) in [6.45, 7) is 2.21. The summed E-state index contributed by atoms with van der Waals surface area (Å²) >= 11 is 1.83.